The summed E-state index contributed by atoms with van der Waals surface area (Å²) in [5.74, 6) is -2.15. The van der Waals surface area contributed by atoms with Gasteiger partial charge in [0.1, 0.15) is 11.9 Å². The molecule has 1 saturated heterocycles. The number of rotatable bonds is 3. The van der Waals surface area contributed by atoms with Gasteiger partial charge in [-0.05, 0) is 12.8 Å². The minimum atomic E-state index is -1.09. The van der Waals surface area contributed by atoms with E-state index in [2.05, 4.69) is 10.3 Å². The van der Waals surface area contributed by atoms with E-state index >= 15 is 0 Å². The Morgan fingerprint density at radius 3 is 2.72 bits per heavy atom. The fourth-order valence-corrected chi connectivity index (χ4v) is 1.71. The maximum atomic E-state index is 12.8. The van der Waals surface area contributed by atoms with E-state index in [0.717, 1.165) is 12.3 Å². The quantitative estimate of drug-likeness (QED) is 0.832. The predicted molar refractivity (Wildman–Crippen MR) is 58.4 cm³/mol. The van der Waals surface area contributed by atoms with Crippen molar-refractivity contribution in [1.82, 2.24) is 4.98 Å². The van der Waals surface area contributed by atoms with Gasteiger partial charge in [-0.1, -0.05) is 0 Å². The number of ether oxygens (including phenoxy) is 1. The minimum Gasteiger partial charge on any atom is -0.479 e. The van der Waals surface area contributed by atoms with E-state index in [4.69, 9.17) is 9.84 Å². The number of nitrogens with one attached hydrogen (secondary N) is 1. The lowest BCUT2D eigenvalue weighted by atomic mass is 10.2. The number of aromatic nitrogens is 1. The number of carbonyl (C=O) groups excluding carboxylic acids is 1. The van der Waals surface area contributed by atoms with Crippen molar-refractivity contribution >= 4 is 17.6 Å². The molecule has 1 fully saturated rings. The molecule has 2 rings (SSSR count). The van der Waals surface area contributed by atoms with Crippen LogP contribution in [-0.2, 0) is 14.3 Å². The van der Waals surface area contributed by atoms with Crippen LogP contribution in [0.5, 0.6) is 0 Å². The molecule has 18 heavy (non-hydrogen) atoms. The zero-order valence-corrected chi connectivity index (χ0v) is 9.30. The van der Waals surface area contributed by atoms with Crippen LogP contribution in [0.2, 0.25) is 0 Å². The number of hydrogen-bond donors (Lipinski definition) is 2. The molecule has 2 atom stereocenters. The first-order valence-corrected chi connectivity index (χ1v) is 5.36. The van der Waals surface area contributed by atoms with Crippen LogP contribution in [0.4, 0.5) is 10.1 Å². The summed E-state index contributed by atoms with van der Waals surface area (Å²) >= 11 is 0. The van der Waals surface area contributed by atoms with Crippen molar-refractivity contribution in [2.75, 3.05) is 5.32 Å². The highest BCUT2D eigenvalue weighted by molar-refractivity contribution is 5.94. The first-order valence-electron chi connectivity index (χ1n) is 5.36. The van der Waals surface area contributed by atoms with Crippen molar-refractivity contribution in [3.8, 4) is 0 Å². The average Bonchev–Trinajstić information content (AvgIpc) is 2.78. The lowest BCUT2D eigenvalue weighted by Crippen LogP contribution is -2.30. The highest BCUT2D eigenvalue weighted by Gasteiger charge is 2.34. The second-order valence-electron chi connectivity index (χ2n) is 3.91. The van der Waals surface area contributed by atoms with E-state index in [0.29, 0.717) is 6.42 Å². The van der Waals surface area contributed by atoms with E-state index in [1.54, 1.807) is 0 Å². The van der Waals surface area contributed by atoms with Gasteiger partial charge in [-0.3, -0.25) is 9.78 Å². The van der Waals surface area contributed by atoms with Gasteiger partial charge < -0.3 is 15.2 Å². The molecule has 0 radical (unpaired) electrons. The van der Waals surface area contributed by atoms with Crippen LogP contribution in [0.25, 0.3) is 0 Å². The SMILES string of the molecule is O=C(Nc1cncc(F)c1)[C@@H]1CC[C@H](C(=O)O)O1. The Hall–Kier alpha value is -2.02. The molecule has 0 aliphatic carbocycles. The van der Waals surface area contributed by atoms with E-state index in [9.17, 15) is 14.0 Å². The number of nitrogens with zero attached hydrogens (tertiary/aromatic N) is 1. The number of amides is 1. The standard InChI is InChI=1S/C11H11FN2O4/c12-6-3-7(5-13-4-6)14-10(15)8-1-2-9(18-8)11(16)17/h3-5,8-9H,1-2H2,(H,14,15)(H,16,17)/t8-,9+/m0/s1. The summed E-state index contributed by atoms with van der Waals surface area (Å²) in [4.78, 5) is 26.0. The molecule has 7 heteroatoms. The van der Waals surface area contributed by atoms with Crippen molar-refractivity contribution < 1.29 is 23.8 Å². The van der Waals surface area contributed by atoms with Crippen LogP contribution < -0.4 is 5.32 Å². The molecule has 1 aliphatic rings. The normalized spacial score (nSPS) is 22.7. The summed E-state index contributed by atoms with van der Waals surface area (Å²) in [5, 5.41) is 11.1. The van der Waals surface area contributed by atoms with Gasteiger partial charge in [-0.25, -0.2) is 9.18 Å². The van der Waals surface area contributed by atoms with Crippen molar-refractivity contribution in [1.29, 1.82) is 0 Å². The topological polar surface area (TPSA) is 88.5 Å². The van der Waals surface area contributed by atoms with Gasteiger partial charge in [0.15, 0.2) is 6.10 Å². The Bertz CT molecular complexity index is 480. The molecule has 0 bridgehead atoms. The molecular weight excluding hydrogens is 243 g/mol. The molecule has 2 N–H and O–H groups in total. The molecule has 0 unspecified atom stereocenters. The van der Waals surface area contributed by atoms with Crippen LogP contribution in [0.15, 0.2) is 18.5 Å². The molecule has 1 amide bonds. The van der Waals surface area contributed by atoms with Crippen molar-refractivity contribution in [2.24, 2.45) is 0 Å². The summed E-state index contributed by atoms with van der Waals surface area (Å²) in [7, 11) is 0. The number of anilines is 1. The molecule has 0 aromatic carbocycles. The van der Waals surface area contributed by atoms with Gasteiger partial charge in [0, 0.05) is 6.07 Å². The third kappa shape index (κ3) is 2.80. The number of halogens is 1. The van der Waals surface area contributed by atoms with Crippen LogP contribution in [0.3, 0.4) is 0 Å². The smallest absolute Gasteiger partial charge is 0.332 e. The fraction of sp³-hybridized carbons (Fsp3) is 0.364. The predicted octanol–water partition coefficient (Wildman–Crippen LogP) is 0.791. The molecule has 96 valence electrons. The third-order valence-electron chi connectivity index (χ3n) is 2.56. The number of pyridine rings is 1. The Morgan fingerprint density at radius 1 is 1.39 bits per heavy atom. The lowest BCUT2D eigenvalue weighted by Gasteiger charge is -2.11. The van der Waals surface area contributed by atoms with Gasteiger partial charge >= 0.3 is 5.97 Å². The second-order valence-corrected chi connectivity index (χ2v) is 3.91. The Balaban J connectivity index is 1.95. The molecule has 1 aromatic rings. The first-order chi connectivity index (χ1) is 8.56. The average molecular weight is 254 g/mol. The largest absolute Gasteiger partial charge is 0.479 e. The highest BCUT2D eigenvalue weighted by Crippen LogP contribution is 2.21. The molecule has 0 spiro atoms. The highest BCUT2D eigenvalue weighted by atomic mass is 19.1. The van der Waals surface area contributed by atoms with Gasteiger partial charge in [0.2, 0.25) is 0 Å². The third-order valence-corrected chi connectivity index (χ3v) is 2.56. The number of hydrogen-bond acceptors (Lipinski definition) is 4. The van der Waals surface area contributed by atoms with Crippen molar-refractivity contribution in [2.45, 2.75) is 25.0 Å². The molecule has 1 aliphatic heterocycles. The summed E-state index contributed by atoms with van der Waals surface area (Å²) in [6.45, 7) is 0. The first kappa shape index (κ1) is 12.4. The molecule has 0 saturated carbocycles. The van der Waals surface area contributed by atoms with E-state index < -0.39 is 29.9 Å². The Morgan fingerprint density at radius 2 is 2.11 bits per heavy atom. The van der Waals surface area contributed by atoms with Gasteiger partial charge in [0.25, 0.3) is 5.91 Å². The molecule has 1 aromatic heterocycles. The van der Waals surface area contributed by atoms with Gasteiger partial charge in [0.05, 0.1) is 18.1 Å². The molecule has 2 heterocycles. The maximum Gasteiger partial charge on any atom is 0.332 e. The molecule has 6 nitrogen and oxygen atoms in total. The summed E-state index contributed by atoms with van der Waals surface area (Å²) < 4.78 is 17.9. The van der Waals surface area contributed by atoms with E-state index in [1.165, 1.54) is 6.20 Å². The number of carboxylic acid groups (broad SMARTS) is 1. The maximum absolute atomic E-state index is 12.8. The Kier molecular flexibility index (Phi) is 3.52. The lowest BCUT2D eigenvalue weighted by molar-refractivity contribution is -0.150. The summed E-state index contributed by atoms with van der Waals surface area (Å²) in [6, 6.07) is 1.12. The number of carbonyl (C=O) groups is 2. The summed E-state index contributed by atoms with van der Waals surface area (Å²) in [6.07, 6.45) is 1.15. The minimum absolute atomic E-state index is 0.211. The summed E-state index contributed by atoms with van der Waals surface area (Å²) in [5.41, 5.74) is 0.211. The van der Waals surface area contributed by atoms with Gasteiger partial charge in [-0.15, -0.1) is 0 Å². The second kappa shape index (κ2) is 5.09. The van der Waals surface area contributed by atoms with E-state index in [1.807, 2.05) is 0 Å². The zero-order valence-electron chi connectivity index (χ0n) is 9.30. The van der Waals surface area contributed by atoms with Crippen LogP contribution in [0, 0.1) is 5.82 Å². The fourth-order valence-electron chi connectivity index (χ4n) is 1.71. The van der Waals surface area contributed by atoms with Crippen molar-refractivity contribution in [3.63, 3.8) is 0 Å². The van der Waals surface area contributed by atoms with Crippen LogP contribution in [0.1, 0.15) is 12.8 Å². The van der Waals surface area contributed by atoms with Crippen LogP contribution >= 0.6 is 0 Å². The van der Waals surface area contributed by atoms with Crippen molar-refractivity contribution in [3.05, 3.63) is 24.3 Å². The Labute approximate surface area is 102 Å². The van der Waals surface area contributed by atoms with E-state index in [-0.39, 0.29) is 12.1 Å². The number of aliphatic carboxylic acids is 1. The monoisotopic (exact) mass is 254 g/mol. The van der Waals surface area contributed by atoms with Gasteiger partial charge in [-0.2, -0.15) is 0 Å². The number of carboxylic acids is 1. The zero-order chi connectivity index (χ0) is 13.1. The van der Waals surface area contributed by atoms with Crippen LogP contribution in [-0.4, -0.2) is 34.2 Å². The molecular formula is C11H11FN2O4.